The molecule has 0 saturated carbocycles. The molecule has 2 aromatic carbocycles. The summed E-state index contributed by atoms with van der Waals surface area (Å²) in [6.45, 7) is 12.8. The molecule has 5 rings (SSSR count). The highest BCUT2D eigenvalue weighted by Crippen LogP contribution is 2.42. The number of fused-ring (bicyclic) bond motifs is 4. The van der Waals surface area contributed by atoms with Crippen LogP contribution in [0.5, 0.6) is 0 Å². The maximum Gasteiger partial charge on any atom is 0.246 e. The summed E-state index contributed by atoms with van der Waals surface area (Å²) in [6.07, 6.45) is 1.48. The fraction of sp³-hybridized carbons (Fsp3) is 0.467. The predicted octanol–water partition coefficient (Wildman–Crippen LogP) is 3.29. The third-order valence-electron chi connectivity index (χ3n) is 8.22. The van der Waals surface area contributed by atoms with Crippen molar-refractivity contribution in [3.8, 4) is 0 Å². The van der Waals surface area contributed by atoms with E-state index in [1.165, 1.54) is 16.0 Å². The van der Waals surface area contributed by atoms with Gasteiger partial charge in [-0.15, -0.1) is 0 Å². The molecule has 0 aliphatic carbocycles. The van der Waals surface area contributed by atoms with Gasteiger partial charge in [0, 0.05) is 36.0 Å². The molecule has 2 atom stereocenters. The van der Waals surface area contributed by atoms with Gasteiger partial charge in [0.15, 0.2) is 0 Å². The molecule has 1 saturated heterocycles. The molecule has 1 aromatic heterocycles. The van der Waals surface area contributed by atoms with Gasteiger partial charge in [-0.2, -0.15) is 0 Å². The Kier molecular flexibility index (Phi) is 6.89. The second-order valence-corrected chi connectivity index (χ2v) is 10.6. The van der Waals surface area contributed by atoms with Crippen LogP contribution in [0.2, 0.25) is 0 Å². The number of carbonyl (C=O) groups is 2. The number of nitrogens with one attached hydrogen (secondary N) is 2. The van der Waals surface area contributed by atoms with Gasteiger partial charge in [0.25, 0.3) is 0 Å². The number of aromatic nitrogens is 1. The van der Waals surface area contributed by atoms with E-state index in [9.17, 15) is 9.59 Å². The first-order valence-corrected chi connectivity index (χ1v) is 13.6. The van der Waals surface area contributed by atoms with Crippen LogP contribution in [-0.2, 0) is 16.0 Å². The summed E-state index contributed by atoms with van der Waals surface area (Å²) in [7, 11) is 0. The Morgan fingerprint density at radius 2 is 1.75 bits per heavy atom. The average molecular weight is 488 g/mol. The van der Waals surface area contributed by atoms with E-state index in [2.05, 4.69) is 69.1 Å². The first-order chi connectivity index (χ1) is 17.4. The summed E-state index contributed by atoms with van der Waals surface area (Å²) in [4.78, 5) is 36.3. The molecular formula is C30H39N4O2+. The fourth-order valence-corrected chi connectivity index (χ4v) is 6.05. The molecule has 0 radical (unpaired) electrons. The lowest BCUT2D eigenvalue weighted by atomic mass is 9.85. The molecule has 0 spiro atoms. The number of piperazine rings is 1. The maximum atomic E-state index is 13.8. The minimum atomic E-state index is -0.464. The van der Waals surface area contributed by atoms with E-state index in [1.807, 2.05) is 21.9 Å². The van der Waals surface area contributed by atoms with E-state index in [1.54, 1.807) is 0 Å². The first-order valence-electron chi connectivity index (χ1n) is 13.6. The van der Waals surface area contributed by atoms with Crippen molar-refractivity contribution in [1.29, 1.82) is 0 Å². The van der Waals surface area contributed by atoms with Crippen LogP contribution in [0.1, 0.15) is 68.5 Å². The Hall–Kier alpha value is -3.12. The number of nitrogens with zero attached hydrogens (tertiary/aromatic N) is 2. The van der Waals surface area contributed by atoms with Gasteiger partial charge in [0.1, 0.15) is 6.04 Å². The number of rotatable bonds is 8. The molecule has 0 bridgehead atoms. The third-order valence-corrected chi connectivity index (χ3v) is 8.22. The minimum absolute atomic E-state index is 0.0389. The monoisotopic (exact) mass is 487 g/mol. The Bertz CT molecular complexity index is 1240. The van der Waals surface area contributed by atoms with Gasteiger partial charge in [0.2, 0.25) is 11.8 Å². The molecule has 0 unspecified atom stereocenters. The van der Waals surface area contributed by atoms with Gasteiger partial charge < -0.3 is 19.7 Å². The number of hydrogen-bond acceptors (Lipinski definition) is 2. The summed E-state index contributed by atoms with van der Waals surface area (Å²) in [5.41, 5.74) is 5.59. The SMILES string of the molecule is CC[NH+](CC)CCCN1CC(=O)N2[C@H](c3ccc(C(C)C)cc3)c3[nH]c4ccccc4c3C[C@H]2C1=O. The van der Waals surface area contributed by atoms with E-state index in [0.29, 0.717) is 18.9 Å². The first kappa shape index (κ1) is 24.6. The van der Waals surface area contributed by atoms with Crippen LogP contribution in [0.4, 0.5) is 0 Å². The van der Waals surface area contributed by atoms with Crippen LogP contribution in [0, 0.1) is 0 Å². The van der Waals surface area contributed by atoms with Crippen LogP contribution in [0.15, 0.2) is 48.5 Å². The molecule has 6 heteroatoms. The summed E-state index contributed by atoms with van der Waals surface area (Å²) < 4.78 is 0. The van der Waals surface area contributed by atoms with Gasteiger partial charge in [-0.25, -0.2) is 0 Å². The number of para-hydroxylation sites is 1. The zero-order valence-corrected chi connectivity index (χ0v) is 22.0. The zero-order chi connectivity index (χ0) is 25.4. The van der Waals surface area contributed by atoms with Crippen molar-refractivity contribution < 1.29 is 14.5 Å². The number of benzene rings is 2. The van der Waals surface area contributed by atoms with Gasteiger partial charge in [-0.1, -0.05) is 56.3 Å². The molecule has 2 amide bonds. The van der Waals surface area contributed by atoms with Gasteiger partial charge in [-0.05, 0) is 42.5 Å². The predicted molar refractivity (Wildman–Crippen MR) is 143 cm³/mol. The van der Waals surface area contributed by atoms with Crippen molar-refractivity contribution in [2.75, 3.05) is 32.7 Å². The molecule has 2 aliphatic rings. The van der Waals surface area contributed by atoms with Crippen LogP contribution in [0.25, 0.3) is 10.9 Å². The Morgan fingerprint density at radius 3 is 2.44 bits per heavy atom. The quantitative estimate of drug-likeness (QED) is 0.512. The van der Waals surface area contributed by atoms with Crippen molar-refractivity contribution in [1.82, 2.24) is 14.8 Å². The summed E-state index contributed by atoms with van der Waals surface area (Å²) in [5.74, 6) is 0.563. The molecule has 2 aliphatic heterocycles. The maximum absolute atomic E-state index is 13.8. The summed E-state index contributed by atoms with van der Waals surface area (Å²) in [6, 6.07) is 16.1. The second kappa shape index (κ2) is 10.1. The molecule has 2 N–H and O–H groups in total. The standard InChI is InChI=1S/C30H38N4O2/c1-5-32(6-2)16-9-17-33-19-27(35)34-26(30(33)36)18-24-23-10-7-8-11-25(23)31-28(24)29(34)22-14-12-21(13-15-22)20(3)4/h7-8,10-15,20,26,29,31H,5-6,9,16-19H2,1-4H3/p+1/t26-,29+/m0/s1. The molecule has 6 nitrogen and oxygen atoms in total. The fourth-order valence-electron chi connectivity index (χ4n) is 6.05. The third kappa shape index (κ3) is 4.32. The van der Waals surface area contributed by atoms with E-state index >= 15 is 0 Å². The molecule has 3 aromatic rings. The molecule has 190 valence electrons. The smallest absolute Gasteiger partial charge is 0.246 e. The van der Waals surface area contributed by atoms with E-state index in [-0.39, 0.29) is 24.4 Å². The number of quaternary nitrogens is 1. The molecule has 36 heavy (non-hydrogen) atoms. The summed E-state index contributed by atoms with van der Waals surface area (Å²) >= 11 is 0. The summed E-state index contributed by atoms with van der Waals surface area (Å²) in [5, 5.41) is 1.15. The number of carbonyl (C=O) groups excluding carboxylic acids is 2. The normalized spacial score (nSPS) is 19.9. The zero-order valence-electron chi connectivity index (χ0n) is 22.0. The van der Waals surface area contributed by atoms with E-state index in [4.69, 9.17) is 0 Å². The van der Waals surface area contributed by atoms with Crippen LogP contribution in [0.3, 0.4) is 0 Å². The average Bonchev–Trinajstić information content (AvgIpc) is 3.26. The number of aromatic amines is 1. The highest BCUT2D eigenvalue weighted by molar-refractivity contribution is 5.97. The van der Waals surface area contributed by atoms with Crippen LogP contribution < -0.4 is 4.90 Å². The van der Waals surface area contributed by atoms with Gasteiger partial charge in [-0.3, -0.25) is 9.59 Å². The molecule has 1 fully saturated rings. The number of H-pyrrole nitrogens is 1. The van der Waals surface area contributed by atoms with E-state index < -0.39 is 6.04 Å². The van der Waals surface area contributed by atoms with Crippen molar-refractivity contribution in [3.63, 3.8) is 0 Å². The van der Waals surface area contributed by atoms with Crippen LogP contribution >= 0.6 is 0 Å². The van der Waals surface area contributed by atoms with E-state index in [0.717, 1.165) is 48.2 Å². The van der Waals surface area contributed by atoms with Crippen molar-refractivity contribution in [3.05, 3.63) is 70.9 Å². The van der Waals surface area contributed by atoms with Gasteiger partial charge >= 0.3 is 0 Å². The number of amides is 2. The van der Waals surface area contributed by atoms with Crippen molar-refractivity contribution >= 4 is 22.7 Å². The highest BCUT2D eigenvalue weighted by atomic mass is 16.2. The van der Waals surface area contributed by atoms with Crippen molar-refractivity contribution in [2.45, 2.75) is 58.5 Å². The molecule has 3 heterocycles. The largest absolute Gasteiger partial charge is 0.356 e. The molecular weight excluding hydrogens is 448 g/mol. The number of hydrogen-bond donors (Lipinski definition) is 2. The Labute approximate surface area is 214 Å². The van der Waals surface area contributed by atoms with Crippen LogP contribution in [-0.4, -0.2) is 65.4 Å². The second-order valence-electron chi connectivity index (χ2n) is 10.6. The Balaban J connectivity index is 1.51. The minimum Gasteiger partial charge on any atom is -0.356 e. The van der Waals surface area contributed by atoms with Gasteiger partial charge in [0.05, 0.1) is 32.2 Å². The topological polar surface area (TPSA) is 60.9 Å². The van der Waals surface area contributed by atoms with Crippen molar-refractivity contribution in [2.24, 2.45) is 0 Å². The lowest BCUT2D eigenvalue weighted by Gasteiger charge is -2.47. The lowest BCUT2D eigenvalue weighted by Crippen LogP contribution is -3.11. The lowest BCUT2D eigenvalue weighted by molar-refractivity contribution is -0.896. The Morgan fingerprint density at radius 1 is 1.03 bits per heavy atom. The highest BCUT2D eigenvalue weighted by Gasteiger charge is 2.48.